The van der Waals surface area contributed by atoms with E-state index in [1.54, 1.807) is 24.9 Å². The molecule has 20 heavy (non-hydrogen) atoms. The number of hydrogen-bond acceptors (Lipinski definition) is 4. The smallest absolute Gasteiger partial charge is 0.163 e. The fourth-order valence-corrected chi connectivity index (χ4v) is 2.29. The van der Waals surface area contributed by atoms with Gasteiger partial charge in [0.1, 0.15) is 11.5 Å². The van der Waals surface area contributed by atoms with Gasteiger partial charge in [0, 0.05) is 24.0 Å². The summed E-state index contributed by atoms with van der Waals surface area (Å²) >= 11 is 0. The van der Waals surface area contributed by atoms with Crippen LogP contribution in [0.5, 0.6) is 11.5 Å². The number of aryl methyl sites for hydroxylation is 1. The van der Waals surface area contributed by atoms with Crippen LogP contribution >= 0.6 is 0 Å². The summed E-state index contributed by atoms with van der Waals surface area (Å²) in [6.45, 7) is 1.97. The SMILES string of the molecule is COc1cc(OC)cc(-c2c(C)nn3cccnc23)c1. The molecule has 0 saturated heterocycles. The van der Waals surface area contributed by atoms with Crippen LogP contribution in [-0.2, 0) is 0 Å². The van der Waals surface area contributed by atoms with Crippen molar-refractivity contribution in [2.75, 3.05) is 14.2 Å². The molecule has 0 fully saturated rings. The highest BCUT2D eigenvalue weighted by Crippen LogP contribution is 2.33. The largest absolute Gasteiger partial charge is 0.497 e. The number of nitrogens with zero attached hydrogens (tertiary/aromatic N) is 3. The van der Waals surface area contributed by atoms with Crippen LogP contribution in [0.4, 0.5) is 0 Å². The van der Waals surface area contributed by atoms with Gasteiger partial charge in [-0.25, -0.2) is 9.50 Å². The zero-order chi connectivity index (χ0) is 14.1. The van der Waals surface area contributed by atoms with Crippen LogP contribution in [0.2, 0.25) is 0 Å². The molecule has 0 aliphatic rings. The number of aromatic nitrogens is 3. The Morgan fingerprint density at radius 3 is 2.40 bits per heavy atom. The minimum absolute atomic E-state index is 0.744. The van der Waals surface area contributed by atoms with E-state index in [-0.39, 0.29) is 0 Å². The molecule has 0 aliphatic heterocycles. The maximum absolute atomic E-state index is 5.32. The van der Waals surface area contributed by atoms with Crippen LogP contribution in [0.25, 0.3) is 16.8 Å². The Hall–Kier alpha value is -2.56. The van der Waals surface area contributed by atoms with Crippen LogP contribution < -0.4 is 9.47 Å². The molecule has 0 saturated carbocycles. The third-order valence-electron chi connectivity index (χ3n) is 3.21. The Morgan fingerprint density at radius 1 is 1.05 bits per heavy atom. The maximum Gasteiger partial charge on any atom is 0.163 e. The van der Waals surface area contributed by atoms with Gasteiger partial charge in [-0.3, -0.25) is 0 Å². The summed E-state index contributed by atoms with van der Waals surface area (Å²) in [7, 11) is 3.28. The van der Waals surface area contributed by atoms with Gasteiger partial charge in [-0.1, -0.05) is 0 Å². The van der Waals surface area contributed by atoms with Gasteiger partial charge >= 0.3 is 0 Å². The molecule has 5 heteroatoms. The monoisotopic (exact) mass is 269 g/mol. The molecule has 0 unspecified atom stereocenters. The summed E-state index contributed by atoms with van der Waals surface area (Å²) < 4.78 is 12.4. The highest BCUT2D eigenvalue weighted by Gasteiger charge is 2.14. The van der Waals surface area contributed by atoms with E-state index < -0.39 is 0 Å². The van der Waals surface area contributed by atoms with Crippen molar-refractivity contribution in [1.29, 1.82) is 0 Å². The number of rotatable bonds is 3. The second-order valence-electron chi connectivity index (χ2n) is 4.45. The molecule has 2 heterocycles. The summed E-state index contributed by atoms with van der Waals surface area (Å²) in [4.78, 5) is 4.41. The van der Waals surface area contributed by atoms with Crippen molar-refractivity contribution in [2.24, 2.45) is 0 Å². The van der Waals surface area contributed by atoms with Crippen molar-refractivity contribution < 1.29 is 9.47 Å². The lowest BCUT2D eigenvalue weighted by molar-refractivity contribution is 0.394. The Labute approximate surface area is 116 Å². The predicted molar refractivity (Wildman–Crippen MR) is 76.3 cm³/mol. The standard InChI is InChI=1S/C15H15N3O2/c1-10-14(15-16-5-4-6-18(15)17-10)11-7-12(19-2)9-13(8-11)20-3/h4-9H,1-3H3. The number of methoxy groups -OCH3 is 2. The Morgan fingerprint density at radius 2 is 1.75 bits per heavy atom. The van der Waals surface area contributed by atoms with E-state index in [2.05, 4.69) is 10.1 Å². The summed E-state index contributed by atoms with van der Waals surface area (Å²) in [6, 6.07) is 7.62. The van der Waals surface area contributed by atoms with Crippen molar-refractivity contribution in [3.63, 3.8) is 0 Å². The van der Waals surface area contributed by atoms with Crippen molar-refractivity contribution in [3.05, 3.63) is 42.4 Å². The van der Waals surface area contributed by atoms with Gasteiger partial charge in [0.05, 0.1) is 19.9 Å². The van der Waals surface area contributed by atoms with E-state index in [9.17, 15) is 0 Å². The third-order valence-corrected chi connectivity index (χ3v) is 3.21. The Kier molecular flexibility index (Phi) is 3.02. The van der Waals surface area contributed by atoms with E-state index in [4.69, 9.17) is 9.47 Å². The van der Waals surface area contributed by atoms with Gasteiger partial charge in [0.2, 0.25) is 0 Å². The predicted octanol–water partition coefficient (Wildman–Crippen LogP) is 2.72. The molecule has 0 atom stereocenters. The molecule has 5 nitrogen and oxygen atoms in total. The molecule has 0 N–H and O–H groups in total. The van der Waals surface area contributed by atoms with Crippen molar-refractivity contribution in [3.8, 4) is 22.6 Å². The Bertz CT molecular complexity index is 743. The molecule has 3 aromatic rings. The summed E-state index contributed by atoms with van der Waals surface area (Å²) in [6.07, 6.45) is 3.65. The highest BCUT2D eigenvalue weighted by atomic mass is 16.5. The van der Waals surface area contributed by atoms with Crippen LogP contribution in [-0.4, -0.2) is 28.8 Å². The van der Waals surface area contributed by atoms with Crippen LogP contribution in [0.1, 0.15) is 5.69 Å². The first-order valence-corrected chi connectivity index (χ1v) is 6.26. The van der Waals surface area contributed by atoms with E-state index in [0.29, 0.717) is 0 Å². The fraction of sp³-hybridized carbons (Fsp3) is 0.200. The fourth-order valence-electron chi connectivity index (χ4n) is 2.29. The van der Waals surface area contributed by atoms with Crippen molar-refractivity contribution in [1.82, 2.24) is 14.6 Å². The molecule has 0 bridgehead atoms. The van der Waals surface area contributed by atoms with E-state index >= 15 is 0 Å². The van der Waals surface area contributed by atoms with E-state index in [1.807, 2.05) is 37.4 Å². The lowest BCUT2D eigenvalue weighted by atomic mass is 10.1. The molecule has 102 valence electrons. The number of ether oxygens (including phenoxy) is 2. The summed E-state index contributed by atoms with van der Waals surface area (Å²) in [5, 5.41) is 4.47. The average Bonchev–Trinajstić information content (AvgIpc) is 2.82. The van der Waals surface area contributed by atoms with Crippen LogP contribution in [0.15, 0.2) is 36.7 Å². The molecular weight excluding hydrogens is 254 g/mol. The van der Waals surface area contributed by atoms with Gasteiger partial charge < -0.3 is 9.47 Å². The highest BCUT2D eigenvalue weighted by molar-refractivity contribution is 5.81. The minimum atomic E-state index is 0.744. The lowest BCUT2D eigenvalue weighted by Crippen LogP contribution is -1.90. The minimum Gasteiger partial charge on any atom is -0.497 e. The molecule has 0 aliphatic carbocycles. The molecule has 3 rings (SSSR count). The van der Waals surface area contributed by atoms with Crippen LogP contribution in [0, 0.1) is 6.92 Å². The lowest BCUT2D eigenvalue weighted by Gasteiger charge is -2.08. The van der Waals surface area contributed by atoms with Gasteiger partial charge in [0.15, 0.2) is 5.65 Å². The zero-order valence-corrected chi connectivity index (χ0v) is 11.6. The molecular formula is C15H15N3O2. The average molecular weight is 269 g/mol. The second kappa shape index (κ2) is 4.85. The molecule has 1 aromatic carbocycles. The number of hydrogen-bond donors (Lipinski definition) is 0. The zero-order valence-electron chi connectivity index (χ0n) is 11.6. The van der Waals surface area contributed by atoms with E-state index in [1.165, 1.54) is 0 Å². The first kappa shape index (κ1) is 12.5. The third kappa shape index (κ3) is 1.97. The number of fused-ring (bicyclic) bond motifs is 1. The van der Waals surface area contributed by atoms with Crippen molar-refractivity contribution in [2.45, 2.75) is 6.92 Å². The van der Waals surface area contributed by atoms with Crippen molar-refractivity contribution >= 4 is 5.65 Å². The molecule has 0 amide bonds. The maximum atomic E-state index is 5.32. The molecule has 0 spiro atoms. The van der Waals surface area contributed by atoms with Gasteiger partial charge in [-0.15, -0.1) is 0 Å². The van der Waals surface area contributed by atoms with E-state index in [0.717, 1.165) is 34.0 Å². The quantitative estimate of drug-likeness (QED) is 0.733. The van der Waals surface area contributed by atoms with Crippen LogP contribution in [0.3, 0.4) is 0 Å². The Balaban J connectivity index is 2.27. The topological polar surface area (TPSA) is 48.7 Å². The summed E-state index contributed by atoms with van der Waals surface area (Å²) in [5.74, 6) is 1.49. The first-order chi connectivity index (χ1) is 9.72. The normalized spacial score (nSPS) is 10.8. The van der Waals surface area contributed by atoms with Gasteiger partial charge in [-0.2, -0.15) is 5.10 Å². The molecule has 2 aromatic heterocycles. The first-order valence-electron chi connectivity index (χ1n) is 6.26. The summed E-state index contributed by atoms with van der Waals surface area (Å²) in [5.41, 5.74) is 3.70. The van der Waals surface area contributed by atoms with Gasteiger partial charge in [0.25, 0.3) is 0 Å². The second-order valence-corrected chi connectivity index (χ2v) is 4.45. The number of benzene rings is 1. The molecule has 0 radical (unpaired) electrons. The van der Waals surface area contributed by atoms with Gasteiger partial charge in [-0.05, 0) is 30.7 Å².